The quantitative estimate of drug-likeness (QED) is 0.756. The van der Waals surface area contributed by atoms with Gasteiger partial charge in [-0.3, -0.25) is 4.98 Å². The first-order chi connectivity index (χ1) is 6.43. The molecule has 0 aliphatic rings. The van der Waals surface area contributed by atoms with Crippen LogP contribution in [0.3, 0.4) is 0 Å². The number of aromatic nitrogens is 1. The Kier molecular flexibility index (Phi) is 3.05. The molecule has 0 spiro atoms. The minimum atomic E-state index is -4.96. The molecule has 0 aliphatic carbocycles. The lowest BCUT2D eigenvalue weighted by molar-refractivity contribution is -0.222. The van der Waals surface area contributed by atoms with Gasteiger partial charge in [0.05, 0.1) is 0 Å². The average Bonchev–Trinajstić information content (AvgIpc) is 2.15. The molecule has 0 bridgehead atoms. The molecule has 14 heavy (non-hydrogen) atoms. The van der Waals surface area contributed by atoms with Crippen LogP contribution in [0, 0.1) is 0 Å². The van der Waals surface area contributed by atoms with Gasteiger partial charge in [0, 0.05) is 18.0 Å². The maximum absolute atomic E-state index is 13.0. The van der Waals surface area contributed by atoms with Crippen molar-refractivity contribution in [3.05, 3.63) is 30.1 Å². The Morgan fingerprint density at radius 1 is 1.36 bits per heavy atom. The monoisotopic (exact) mass is 209 g/mol. The van der Waals surface area contributed by atoms with E-state index in [-0.39, 0.29) is 5.56 Å². The Bertz CT molecular complexity index is 287. The van der Waals surface area contributed by atoms with Gasteiger partial charge >= 0.3 is 6.18 Å². The number of halogens is 4. The van der Waals surface area contributed by atoms with Crippen molar-refractivity contribution in [2.75, 3.05) is 0 Å². The predicted octanol–water partition coefficient (Wildman–Crippen LogP) is 2.02. The van der Waals surface area contributed by atoms with Gasteiger partial charge in [-0.05, 0) is 6.07 Å². The lowest BCUT2D eigenvalue weighted by Gasteiger charge is -2.18. The van der Waals surface area contributed by atoms with E-state index in [9.17, 15) is 17.6 Å². The van der Waals surface area contributed by atoms with Gasteiger partial charge in [0.2, 0.25) is 0 Å². The first-order valence-corrected chi connectivity index (χ1v) is 3.71. The Morgan fingerprint density at radius 2 is 2.00 bits per heavy atom. The van der Waals surface area contributed by atoms with E-state index in [0.29, 0.717) is 0 Å². The minimum Gasteiger partial charge on any atom is -0.381 e. The highest BCUT2D eigenvalue weighted by molar-refractivity contribution is 5.13. The van der Waals surface area contributed by atoms with Crippen LogP contribution in [-0.4, -0.2) is 22.4 Å². The zero-order chi connectivity index (χ0) is 10.8. The van der Waals surface area contributed by atoms with Gasteiger partial charge in [0.25, 0.3) is 0 Å². The third-order valence-corrected chi connectivity index (χ3v) is 1.62. The summed E-state index contributed by atoms with van der Waals surface area (Å²) in [6.07, 6.45) is -8.22. The number of hydrogen-bond acceptors (Lipinski definition) is 2. The SMILES string of the molecule is OC(C(F)c1cccnc1)C(F)(F)F. The summed E-state index contributed by atoms with van der Waals surface area (Å²) in [5.74, 6) is 0. The Hall–Kier alpha value is -1.17. The van der Waals surface area contributed by atoms with E-state index in [1.165, 1.54) is 12.3 Å². The molecule has 2 atom stereocenters. The van der Waals surface area contributed by atoms with E-state index in [1.54, 1.807) is 0 Å². The van der Waals surface area contributed by atoms with Crippen LogP contribution < -0.4 is 0 Å². The van der Waals surface area contributed by atoms with Gasteiger partial charge in [-0.15, -0.1) is 0 Å². The normalized spacial score (nSPS) is 16.4. The molecule has 0 amide bonds. The first kappa shape index (κ1) is 10.9. The van der Waals surface area contributed by atoms with E-state index in [4.69, 9.17) is 5.11 Å². The molecule has 0 saturated heterocycles. The molecular weight excluding hydrogens is 202 g/mol. The van der Waals surface area contributed by atoms with Crippen molar-refractivity contribution in [2.45, 2.75) is 18.5 Å². The van der Waals surface area contributed by atoms with Crippen LogP contribution in [0.5, 0.6) is 0 Å². The molecule has 0 saturated carbocycles. The number of aliphatic hydroxyl groups is 1. The lowest BCUT2D eigenvalue weighted by atomic mass is 10.1. The van der Waals surface area contributed by atoms with E-state index >= 15 is 0 Å². The molecule has 1 aromatic heterocycles. The van der Waals surface area contributed by atoms with Gasteiger partial charge in [0.15, 0.2) is 12.3 Å². The topological polar surface area (TPSA) is 33.1 Å². The fraction of sp³-hybridized carbons (Fsp3) is 0.375. The van der Waals surface area contributed by atoms with Crippen LogP contribution in [0.15, 0.2) is 24.5 Å². The summed E-state index contributed by atoms with van der Waals surface area (Å²) in [4.78, 5) is 3.45. The van der Waals surface area contributed by atoms with E-state index in [1.807, 2.05) is 0 Å². The van der Waals surface area contributed by atoms with Crippen LogP contribution in [0.25, 0.3) is 0 Å². The number of rotatable bonds is 2. The molecule has 1 heterocycles. The van der Waals surface area contributed by atoms with Crippen molar-refractivity contribution in [1.82, 2.24) is 4.98 Å². The van der Waals surface area contributed by atoms with Gasteiger partial charge in [0.1, 0.15) is 0 Å². The zero-order valence-corrected chi connectivity index (χ0v) is 6.87. The smallest absolute Gasteiger partial charge is 0.381 e. The maximum atomic E-state index is 13.0. The zero-order valence-electron chi connectivity index (χ0n) is 6.87. The summed E-state index contributed by atoms with van der Waals surface area (Å²) in [6.45, 7) is 0. The predicted molar refractivity (Wildman–Crippen MR) is 40.1 cm³/mol. The summed E-state index contributed by atoms with van der Waals surface area (Å²) < 4.78 is 48.6. The number of alkyl halides is 4. The van der Waals surface area contributed by atoms with Crippen LogP contribution in [0.1, 0.15) is 11.7 Å². The molecule has 0 aromatic carbocycles. The molecule has 0 aliphatic heterocycles. The summed E-state index contributed by atoms with van der Waals surface area (Å²) in [5, 5.41) is 8.58. The van der Waals surface area contributed by atoms with Gasteiger partial charge < -0.3 is 5.11 Å². The maximum Gasteiger partial charge on any atom is 0.417 e. The van der Waals surface area contributed by atoms with Crippen LogP contribution in [0.2, 0.25) is 0 Å². The van der Waals surface area contributed by atoms with Crippen molar-refractivity contribution >= 4 is 0 Å². The highest BCUT2D eigenvalue weighted by Gasteiger charge is 2.44. The lowest BCUT2D eigenvalue weighted by Crippen LogP contribution is -2.32. The van der Waals surface area contributed by atoms with Crippen LogP contribution >= 0.6 is 0 Å². The van der Waals surface area contributed by atoms with E-state index < -0.39 is 18.5 Å². The summed E-state index contributed by atoms with van der Waals surface area (Å²) in [6, 6.07) is 2.43. The average molecular weight is 209 g/mol. The van der Waals surface area contributed by atoms with Crippen molar-refractivity contribution in [3.8, 4) is 0 Å². The van der Waals surface area contributed by atoms with Crippen LogP contribution in [-0.2, 0) is 0 Å². The Morgan fingerprint density at radius 3 is 2.43 bits per heavy atom. The standard InChI is InChI=1S/C8H7F4NO/c9-6(7(14)8(10,11)12)5-2-1-3-13-4-5/h1-4,6-7,14H. The van der Waals surface area contributed by atoms with E-state index in [2.05, 4.69) is 4.98 Å². The largest absolute Gasteiger partial charge is 0.417 e. The number of pyridine rings is 1. The summed E-state index contributed by atoms with van der Waals surface area (Å²) >= 11 is 0. The molecule has 1 aromatic rings. The first-order valence-electron chi connectivity index (χ1n) is 3.71. The van der Waals surface area contributed by atoms with Crippen molar-refractivity contribution in [2.24, 2.45) is 0 Å². The third-order valence-electron chi connectivity index (χ3n) is 1.62. The minimum absolute atomic E-state index is 0.294. The molecule has 2 nitrogen and oxygen atoms in total. The molecule has 78 valence electrons. The Labute approximate surface area is 77.2 Å². The summed E-state index contributed by atoms with van der Waals surface area (Å²) in [7, 11) is 0. The number of aliphatic hydroxyl groups excluding tert-OH is 1. The van der Waals surface area contributed by atoms with Gasteiger partial charge in [-0.1, -0.05) is 6.07 Å². The Balaban J connectivity index is 2.81. The van der Waals surface area contributed by atoms with Crippen molar-refractivity contribution in [1.29, 1.82) is 0 Å². The highest BCUT2D eigenvalue weighted by Crippen LogP contribution is 2.32. The molecule has 0 radical (unpaired) electrons. The second-order valence-electron chi connectivity index (χ2n) is 2.67. The molecule has 0 fully saturated rings. The van der Waals surface area contributed by atoms with Gasteiger partial charge in [-0.25, -0.2) is 4.39 Å². The number of hydrogen-bond donors (Lipinski definition) is 1. The van der Waals surface area contributed by atoms with Crippen molar-refractivity contribution in [3.63, 3.8) is 0 Å². The number of nitrogens with zero attached hydrogens (tertiary/aromatic N) is 1. The fourth-order valence-electron chi connectivity index (χ4n) is 0.887. The molecular formula is C8H7F4NO. The molecule has 1 rings (SSSR count). The van der Waals surface area contributed by atoms with E-state index in [0.717, 1.165) is 12.3 Å². The van der Waals surface area contributed by atoms with Crippen LogP contribution in [0.4, 0.5) is 17.6 Å². The second kappa shape index (κ2) is 3.91. The van der Waals surface area contributed by atoms with Gasteiger partial charge in [-0.2, -0.15) is 13.2 Å². The molecule has 1 N–H and O–H groups in total. The summed E-state index contributed by atoms with van der Waals surface area (Å²) in [5.41, 5.74) is -0.294. The second-order valence-corrected chi connectivity index (χ2v) is 2.67. The fourth-order valence-corrected chi connectivity index (χ4v) is 0.887. The van der Waals surface area contributed by atoms with Crippen molar-refractivity contribution < 1.29 is 22.7 Å². The molecule has 6 heteroatoms. The third kappa shape index (κ3) is 2.41. The molecule has 2 unspecified atom stereocenters. The highest BCUT2D eigenvalue weighted by atomic mass is 19.4.